The second-order valence-corrected chi connectivity index (χ2v) is 17.3. The van der Waals surface area contributed by atoms with Crippen molar-refractivity contribution >= 4 is 19.7 Å². The van der Waals surface area contributed by atoms with E-state index in [0.717, 1.165) is 33.4 Å². The van der Waals surface area contributed by atoms with Crippen LogP contribution in [0.15, 0.2) is 189 Å². The normalized spacial score (nSPS) is 11.6. The van der Waals surface area contributed by atoms with Crippen LogP contribution in [0.5, 0.6) is 17.2 Å². The number of sulfone groups is 2. The maximum absolute atomic E-state index is 14.1. The molecule has 55 heavy (non-hydrogen) atoms. The molecule has 7 aromatic carbocycles. The molecule has 7 aromatic rings. The summed E-state index contributed by atoms with van der Waals surface area (Å²) in [4.78, 5) is 0.666. The molecule has 276 valence electrons. The molecule has 0 aromatic heterocycles. The quantitative estimate of drug-likeness (QED) is 0.116. The third-order valence-corrected chi connectivity index (χ3v) is 13.1. The van der Waals surface area contributed by atoms with E-state index in [-0.39, 0.29) is 19.6 Å². The van der Waals surface area contributed by atoms with Gasteiger partial charge in [0.1, 0.15) is 17.2 Å². The van der Waals surface area contributed by atoms with Gasteiger partial charge in [0.25, 0.3) is 0 Å². The number of ether oxygens (including phenoxy) is 2. The molecule has 0 fully saturated rings. The Balaban J connectivity index is 1.16. The first kappa shape index (κ1) is 37.4. The smallest absolute Gasteiger partial charge is 0.206 e. The van der Waals surface area contributed by atoms with Crippen molar-refractivity contribution in [3.05, 3.63) is 209 Å². The molecule has 0 aliphatic heterocycles. The Morgan fingerprint density at radius 3 is 1.29 bits per heavy atom. The van der Waals surface area contributed by atoms with Gasteiger partial charge in [0, 0.05) is 18.4 Å². The number of methoxy groups -OCH3 is 1. The minimum Gasteiger partial charge on any atom is -0.496 e. The molecule has 0 radical (unpaired) electrons. The highest BCUT2D eigenvalue weighted by molar-refractivity contribution is 7.91. The van der Waals surface area contributed by atoms with Gasteiger partial charge < -0.3 is 9.47 Å². The molecule has 8 heteroatoms. The summed E-state index contributed by atoms with van der Waals surface area (Å²) < 4.78 is 67.7. The van der Waals surface area contributed by atoms with E-state index >= 15 is 0 Å². The van der Waals surface area contributed by atoms with E-state index < -0.39 is 19.7 Å². The predicted octanol–water partition coefficient (Wildman–Crippen LogP) is 10.2. The summed E-state index contributed by atoms with van der Waals surface area (Å²) in [5, 5.41) is 0. The molecular formula is C47H40O6S2. The monoisotopic (exact) mass is 764 g/mol. The lowest BCUT2D eigenvalue weighted by Gasteiger charge is -2.15. The third-order valence-electron chi connectivity index (χ3n) is 9.61. The van der Waals surface area contributed by atoms with Crippen molar-refractivity contribution in [1.29, 1.82) is 0 Å². The second kappa shape index (κ2) is 16.2. The van der Waals surface area contributed by atoms with Crippen LogP contribution in [0.1, 0.15) is 38.9 Å². The zero-order valence-corrected chi connectivity index (χ0v) is 32.2. The lowest BCUT2D eigenvalue weighted by molar-refractivity contribution is 0.410. The van der Waals surface area contributed by atoms with Gasteiger partial charge in [-0.1, -0.05) is 97.1 Å². The summed E-state index contributed by atoms with van der Waals surface area (Å²) in [7, 11) is -6.18. The van der Waals surface area contributed by atoms with Crippen molar-refractivity contribution in [3.63, 3.8) is 0 Å². The van der Waals surface area contributed by atoms with Gasteiger partial charge in [0.2, 0.25) is 19.7 Å². The minimum atomic E-state index is -3.88. The Morgan fingerprint density at radius 1 is 0.418 bits per heavy atom. The standard InChI is InChI=1S/C47H40O6S2/c1-34-18-21-43(31-38(34)28-35-12-6-3-7-13-35)55(50,51)45-25-27-47(40(33-45)30-37-16-10-5-11-17-37)53-41-19-22-42(23-20-41)54(48,49)44-24-26-46(52-2)39(32-44)29-36-14-8-4-9-15-36/h3-27,31-33H,28-30H2,1-2H3. The van der Waals surface area contributed by atoms with E-state index in [1.165, 1.54) is 12.1 Å². The number of rotatable bonds is 13. The molecule has 0 saturated heterocycles. The highest BCUT2D eigenvalue weighted by Crippen LogP contribution is 2.34. The average Bonchev–Trinajstić information content (AvgIpc) is 3.20. The van der Waals surface area contributed by atoms with Crippen LogP contribution in [0.25, 0.3) is 0 Å². The number of benzene rings is 7. The number of aryl methyl sites for hydroxylation is 1. The Kier molecular flexibility index (Phi) is 11.0. The Labute approximate surface area is 323 Å². The van der Waals surface area contributed by atoms with E-state index in [0.29, 0.717) is 42.1 Å². The largest absolute Gasteiger partial charge is 0.496 e. The van der Waals surface area contributed by atoms with Crippen LogP contribution in [-0.2, 0) is 38.9 Å². The van der Waals surface area contributed by atoms with Crippen molar-refractivity contribution in [1.82, 2.24) is 0 Å². The van der Waals surface area contributed by atoms with Crippen molar-refractivity contribution < 1.29 is 26.3 Å². The van der Waals surface area contributed by atoms with Gasteiger partial charge in [-0.05, 0) is 120 Å². The first-order valence-electron chi connectivity index (χ1n) is 17.9. The van der Waals surface area contributed by atoms with Crippen LogP contribution in [0.2, 0.25) is 0 Å². The molecule has 0 aliphatic carbocycles. The Morgan fingerprint density at radius 2 is 0.800 bits per heavy atom. The van der Waals surface area contributed by atoms with E-state index in [4.69, 9.17) is 9.47 Å². The molecule has 0 heterocycles. The van der Waals surface area contributed by atoms with Gasteiger partial charge in [0.05, 0.1) is 26.7 Å². The second-order valence-electron chi connectivity index (χ2n) is 13.4. The first-order chi connectivity index (χ1) is 26.6. The van der Waals surface area contributed by atoms with Crippen molar-refractivity contribution in [2.45, 2.75) is 45.8 Å². The zero-order chi connectivity index (χ0) is 38.4. The minimum absolute atomic E-state index is 0.117. The molecular weight excluding hydrogens is 725 g/mol. The topological polar surface area (TPSA) is 86.7 Å². The van der Waals surface area contributed by atoms with Crippen molar-refractivity contribution in [2.75, 3.05) is 7.11 Å². The fraction of sp³-hybridized carbons (Fsp3) is 0.106. The summed E-state index contributed by atoms with van der Waals surface area (Å²) in [6.07, 6.45) is 1.56. The summed E-state index contributed by atoms with van der Waals surface area (Å²) in [5.41, 5.74) is 6.53. The zero-order valence-electron chi connectivity index (χ0n) is 30.6. The third kappa shape index (κ3) is 8.56. The van der Waals surface area contributed by atoms with Gasteiger partial charge in [-0.15, -0.1) is 0 Å². The summed E-state index contributed by atoms with van der Waals surface area (Å²) in [6, 6.07) is 50.9. The highest BCUT2D eigenvalue weighted by Gasteiger charge is 2.23. The molecule has 0 atom stereocenters. The molecule has 0 N–H and O–H groups in total. The van der Waals surface area contributed by atoms with Crippen LogP contribution in [0.4, 0.5) is 0 Å². The van der Waals surface area contributed by atoms with Gasteiger partial charge in [-0.3, -0.25) is 0 Å². The fourth-order valence-corrected chi connectivity index (χ4v) is 9.23. The van der Waals surface area contributed by atoms with E-state index in [9.17, 15) is 16.8 Å². The van der Waals surface area contributed by atoms with Crippen LogP contribution in [0, 0.1) is 6.92 Å². The van der Waals surface area contributed by atoms with Gasteiger partial charge in [0.15, 0.2) is 0 Å². The SMILES string of the molecule is COc1ccc(S(=O)(=O)c2ccc(Oc3ccc(S(=O)(=O)c4ccc(C)c(Cc5ccccc5)c4)cc3Cc3ccccc3)cc2)cc1Cc1ccccc1. The van der Waals surface area contributed by atoms with Crippen molar-refractivity contribution in [3.8, 4) is 17.2 Å². The average molecular weight is 765 g/mol. The summed E-state index contributed by atoms with van der Waals surface area (Å²) >= 11 is 0. The van der Waals surface area contributed by atoms with Gasteiger partial charge in [-0.25, -0.2) is 16.8 Å². The first-order valence-corrected chi connectivity index (χ1v) is 20.9. The van der Waals surface area contributed by atoms with Gasteiger partial charge >= 0.3 is 0 Å². The molecule has 0 bridgehead atoms. The van der Waals surface area contributed by atoms with Crippen LogP contribution >= 0.6 is 0 Å². The lowest BCUT2D eigenvalue weighted by atomic mass is 10.0. The molecule has 0 aliphatic rings. The maximum atomic E-state index is 14.1. The highest BCUT2D eigenvalue weighted by atomic mass is 32.2. The number of hydrogen-bond donors (Lipinski definition) is 0. The molecule has 0 unspecified atom stereocenters. The fourth-order valence-electron chi connectivity index (χ4n) is 6.56. The maximum Gasteiger partial charge on any atom is 0.206 e. The Hall–Kier alpha value is -5.96. The van der Waals surface area contributed by atoms with Crippen molar-refractivity contribution in [2.24, 2.45) is 0 Å². The van der Waals surface area contributed by atoms with Crippen LogP contribution < -0.4 is 9.47 Å². The summed E-state index contributed by atoms with van der Waals surface area (Å²) in [6.45, 7) is 1.99. The van der Waals surface area contributed by atoms with E-state index in [1.54, 1.807) is 67.8 Å². The molecule has 0 saturated carbocycles. The van der Waals surface area contributed by atoms with Crippen LogP contribution in [-0.4, -0.2) is 23.9 Å². The molecule has 7 rings (SSSR count). The van der Waals surface area contributed by atoms with Gasteiger partial charge in [-0.2, -0.15) is 0 Å². The predicted molar refractivity (Wildman–Crippen MR) is 216 cm³/mol. The van der Waals surface area contributed by atoms with E-state index in [1.807, 2.05) is 104 Å². The molecule has 0 amide bonds. The lowest BCUT2D eigenvalue weighted by Crippen LogP contribution is -2.06. The van der Waals surface area contributed by atoms with E-state index in [2.05, 4.69) is 0 Å². The Bertz CT molecular complexity index is 2640. The number of hydrogen-bond acceptors (Lipinski definition) is 6. The van der Waals surface area contributed by atoms with Crippen LogP contribution in [0.3, 0.4) is 0 Å². The summed E-state index contributed by atoms with van der Waals surface area (Å²) in [5.74, 6) is 1.49. The molecule has 6 nitrogen and oxygen atoms in total. The molecule has 0 spiro atoms.